The minimum atomic E-state index is -0.462. The van der Waals surface area contributed by atoms with Crippen molar-refractivity contribution in [1.82, 2.24) is 4.57 Å². The van der Waals surface area contributed by atoms with Gasteiger partial charge >= 0.3 is 5.97 Å². The highest BCUT2D eigenvalue weighted by atomic mass is 16.6. The van der Waals surface area contributed by atoms with Crippen LogP contribution in [0, 0.1) is 10.1 Å². The zero-order valence-corrected chi connectivity index (χ0v) is 11.9. The molecular formula is C14H16N2O5. The minimum Gasteiger partial charge on any atom is -0.461 e. The number of non-ortho nitro benzene ring substituents is 1. The highest BCUT2D eigenvalue weighted by molar-refractivity contribution is 5.96. The smallest absolute Gasteiger partial charge is 0.354 e. The average Bonchev–Trinajstić information content (AvgIpc) is 2.83. The molecule has 1 heterocycles. The van der Waals surface area contributed by atoms with E-state index in [-0.39, 0.29) is 12.3 Å². The molecule has 0 saturated heterocycles. The second-order valence-electron chi connectivity index (χ2n) is 4.39. The Morgan fingerprint density at radius 2 is 2.14 bits per heavy atom. The minimum absolute atomic E-state index is 0.0122. The van der Waals surface area contributed by atoms with E-state index in [1.54, 1.807) is 30.7 Å². The molecule has 0 spiro atoms. The summed E-state index contributed by atoms with van der Waals surface area (Å²) in [6, 6.07) is 6.10. The second-order valence-corrected chi connectivity index (χ2v) is 4.39. The molecule has 0 bridgehead atoms. The Kier molecular flexibility index (Phi) is 4.54. The van der Waals surface area contributed by atoms with E-state index >= 15 is 0 Å². The molecule has 0 N–H and O–H groups in total. The maximum absolute atomic E-state index is 12.0. The molecule has 112 valence electrons. The van der Waals surface area contributed by atoms with Crippen molar-refractivity contribution in [1.29, 1.82) is 0 Å². The number of ether oxygens (including phenoxy) is 2. The number of nitrogens with zero attached hydrogens (tertiary/aromatic N) is 2. The predicted molar refractivity (Wildman–Crippen MR) is 76.4 cm³/mol. The zero-order chi connectivity index (χ0) is 15.4. The number of aromatic nitrogens is 1. The molecule has 0 aliphatic heterocycles. The van der Waals surface area contributed by atoms with Crippen LogP contribution in [0.15, 0.2) is 24.3 Å². The summed E-state index contributed by atoms with van der Waals surface area (Å²) in [6.07, 6.45) is 0. The molecule has 1 aromatic carbocycles. The van der Waals surface area contributed by atoms with Gasteiger partial charge in [0, 0.05) is 36.7 Å². The van der Waals surface area contributed by atoms with Crippen LogP contribution in [0.1, 0.15) is 17.4 Å². The average molecular weight is 292 g/mol. The third kappa shape index (κ3) is 3.03. The number of esters is 1. The lowest BCUT2D eigenvalue weighted by Crippen LogP contribution is -2.14. The number of nitro groups is 1. The van der Waals surface area contributed by atoms with E-state index in [1.165, 1.54) is 12.1 Å². The molecule has 0 aliphatic carbocycles. The van der Waals surface area contributed by atoms with Crippen molar-refractivity contribution in [3.8, 4) is 0 Å². The summed E-state index contributed by atoms with van der Waals surface area (Å²) in [7, 11) is 1.57. The summed E-state index contributed by atoms with van der Waals surface area (Å²) in [6.45, 7) is 2.88. The quantitative estimate of drug-likeness (QED) is 0.463. The van der Waals surface area contributed by atoms with Crippen LogP contribution in [-0.4, -0.2) is 35.8 Å². The van der Waals surface area contributed by atoms with E-state index in [0.717, 1.165) is 5.52 Å². The van der Waals surface area contributed by atoms with Gasteiger partial charge in [-0.15, -0.1) is 0 Å². The lowest BCUT2D eigenvalue weighted by Gasteiger charge is -2.09. The van der Waals surface area contributed by atoms with Crippen LogP contribution in [0.25, 0.3) is 10.9 Å². The van der Waals surface area contributed by atoms with Gasteiger partial charge in [0.25, 0.3) is 5.69 Å². The molecule has 21 heavy (non-hydrogen) atoms. The number of methoxy groups -OCH3 is 1. The molecule has 0 amide bonds. The number of carbonyl (C=O) groups is 1. The molecule has 7 heteroatoms. The van der Waals surface area contributed by atoms with Crippen LogP contribution in [0.3, 0.4) is 0 Å². The van der Waals surface area contributed by atoms with Gasteiger partial charge < -0.3 is 14.0 Å². The predicted octanol–water partition coefficient (Wildman–Crippen LogP) is 2.37. The monoisotopic (exact) mass is 292 g/mol. The lowest BCUT2D eigenvalue weighted by molar-refractivity contribution is -0.384. The van der Waals surface area contributed by atoms with Gasteiger partial charge in [0.15, 0.2) is 0 Å². The van der Waals surface area contributed by atoms with Crippen molar-refractivity contribution in [3.05, 3.63) is 40.1 Å². The summed E-state index contributed by atoms with van der Waals surface area (Å²) < 4.78 is 11.8. The SMILES string of the molecule is CCOC(=O)c1cc2cc([N+](=O)[O-])ccc2n1CCOC. The number of hydrogen-bond acceptors (Lipinski definition) is 5. The Bertz CT molecular complexity index is 677. The van der Waals surface area contributed by atoms with E-state index in [9.17, 15) is 14.9 Å². The lowest BCUT2D eigenvalue weighted by atomic mass is 10.2. The van der Waals surface area contributed by atoms with E-state index in [0.29, 0.717) is 24.2 Å². The number of hydrogen-bond donors (Lipinski definition) is 0. The number of nitro benzene ring substituents is 1. The third-order valence-electron chi connectivity index (χ3n) is 3.10. The van der Waals surface area contributed by atoms with Gasteiger partial charge in [0.05, 0.1) is 18.1 Å². The van der Waals surface area contributed by atoms with Gasteiger partial charge in [-0.25, -0.2) is 4.79 Å². The van der Waals surface area contributed by atoms with Gasteiger partial charge in [-0.1, -0.05) is 0 Å². The normalized spacial score (nSPS) is 10.8. The maximum Gasteiger partial charge on any atom is 0.354 e. The Balaban J connectivity index is 2.54. The molecule has 2 aromatic rings. The van der Waals surface area contributed by atoms with Crippen LogP contribution < -0.4 is 0 Å². The standard InChI is InChI=1S/C14H16N2O5/c1-3-21-14(17)13-9-10-8-11(16(18)19)4-5-12(10)15(13)6-7-20-2/h4-5,8-9H,3,6-7H2,1-2H3. The third-order valence-corrected chi connectivity index (χ3v) is 3.10. The molecule has 0 unspecified atom stereocenters. The molecule has 7 nitrogen and oxygen atoms in total. The summed E-state index contributed by atoms with van der Waals surface area (Å²) in [5, 5.41) is 11.5. The Hall–Kier alpha value is -2.41. The fourth-order valence-electron chi connectivity index (χ4n) is 2.17. The van der Waals surface area contributed by atoms with Crippen LogP contribution in [0.5, 0.6) is 0 Å². The first-order valence-corrected chi connectivity index (χ1v) is 6.52. The van der Waals surface area contributed by atoms with Crippen LogP contribution in [0.4, 0.5) is 5.69 Å². The second kappa shape index (κ2) is 6.36. The van der Waals surface area contributed by atoms with Gasteiger partial charge in [-0.3, -0.25) is 10.1 Å². The van der Waals surface area contributed by atoms with Gasteiger partial charge in [-0.05, 0) is 19.1 Å². The molecule has 0 radical (unpaired) electrons. The van der Waals surface area contributed by atoms with Crippen molar-refractivity contribution in [2.45, 2.75) is 13.5 Å². The van der Waals surface area contributed by atoms with Gasteiger partial charge in [0.2, 0.25) is 0 Å². The molecule has 0 aliphatic rings. The molecule has 0 atom stereocenters. The number of rotatable bonds is 6. The summed E-state index contributed by atoms with van der Waals surface area (Å²) in [4.78, 5) is 22.4. The summed E-state index contributed by atoms with van der Waals surface area (Å²) >= 11 is 0. The van der Waals surface area contributed by atoms with Crippen molar-refractivity contribution in [3.63, 3.8) is 0 Å². The molecule has 2 rings (SSSR count). The van der Waals surface area contributed by atoms with Crippen molar-refractivity contribution in [2.24, 2.45) is 0 Å². The van der Waals surface area contributed by atoms with Crippen LogP contribution >= 0.6 is 0 Å². The molecule has 0 saturated carbocycles. The Morgan fingerprint density at radius 1 is 1.38 bits per heavy atom. The van der Waals surface area contributed by atoms with Crippen molar-refractivity contribution < 1.29 is 19.2 Å². The van der Waals surface area contributed by atoms with Crippen LogP contribution in [0.2, 0.25) is 0 Å². The molecular weight excluding hydrogens is 276 g/mol. The highest BCUT2D eigenvalue weighted by Crippen LogP contribution is 2.25. The first-order valence-electron chi connectivity index (χ1n) is 6.52. The van der Waals surface area contributed by atoms with Crippen LogP contribution in [-0.2, 0) is 16.0 Å². The highest BCUT2D eigenvalue weighted by Gasteiger charge is 2.18. The van der Waals surface area contributed by atoms with Gasteiger partial charge in [0.1, 0.15) is 5.69 Å². The number of benzene rings is 1. The van der Waals surface area contributed by atoms with E-state index in [4.69, 9.17) is 9.47 Å². The number of fused-ring (bicyclic) bond motifs is 1. The summed E-state index contributed by atoms with van der Waals surface area (Å²) in [5.74, 6) is -0.451. The summed E-state index contributed by atoms with van der Waals surface area (Å²) in [5.41, 5.74) is 1.09. The van der Waals surface area contributed by atoms with Gasteiger partial charge in [-0.2, -0.15) is 0 Å². The fourth-order valence-corrected chi connectivity index (χ4v) is 2.17. The van der Waals surface area contributed by atoms with Crippen molar-refractivity contribution in [2.75, 3.05) is 20.3 Å². The Labute approximate surface area is 121 Å². The largest absolute Gasteiger partial charge is 0.461 e. The molecule has 1 aromatic heterocycles. The maximum atomic E-state index is 12.0. The van der Waals surface area contributed by atoms with Crippen molar-refractivity contribution >= 4 is 22.6 Å². The first kappa shape index (κ1) is 15.0. The Morgan fingerprint density at radius 3 is 2.76 bits per heavy atom. The first-order chi connectivity index (χ1) is 10.1. The number of carbonyl (C=O) groups excluding carboxylic acids is 1. The van der Waals surface area contributed by atoms with E-state index in [2.05, 4.69) is 0 Å². The van der Waals surface area contributed by atoms with E-state index in [1.807, 2.05) is 0 Å². The fraction of sp³-hybridized carbons (Fsp3) is 0.357. The zero-order valence-electron chi connectivity index (χ0n) is 11.9. The molecule has 0 fully saturated rings. The van der Waals surface area contributed by atoms with E-state index < -0.39 is 10.9 Å². The topological polar surface area (TPSA) is 83.6 Å².